The average Bonchev–Trinajstić information content (AvgIpc) is 2.65. The third-order valence-corrected chi connectivity index (χ3v) is 3.79. The average molecular weight is 273 g/mol. The molecule has 1 aromatic heterocycles. The second-order valence-corrected chi connectivity index (χ2v) is 4.68. The van der Waals surface area contributed by atoms with Gasteiger partial charge in [0.1, 0.15) is 17.2 Å². The van der Waals surface area contributed by atoms with E-state index in [9.17, 15) is 4.79 Å². The molecule has 0 aliphatic carbocycles. The van der Waals surface area contributed by atoms with Crippen molar-refractivity contribution in [1.29, 1.82) is 0 Å². The summed E-state index contributed by atoms with van der Waals surface area (Å²) in [5.41, 5.74) is 0. The molecule has 0 radical (unpaired) electrons. The molecule has 0 saturated carbocycles. The second kappa shape index (κ2) is 4.91. The van der Waals surface area contributed by atoms with Crippen LogP contribution < -0.4 is 4.74 Å². The number of carboxylic acid groups (broad SMARTS) is 1. The molecule has 1 heterocycles. The highest BCUT2D eigenvalue weighted by Crippen LogP contribution is 2.40. The highest BCUT2D eigenvalue weighted by Gasteiger charge is 2.18. The van der Waals surface area contributed by atoms with Crippen LogP contribution in [-0.4, -0.2) is 29.4 Å². The Kier molecular flexibility index (Phi) is 3.51. The lowest BCUT2D eigenvalue weighted by Crippen LogP contribution is -2.01. The van der Waals surface area contributed by atoms with Gasteiger partial charge in [-0.25, -0.2) is 4.79 Å². The number of carbonyl (C=O) groups is 1. The lowest BCUT2D eigenvalue weighted by molar-refractivity contribution is 0.0702. The van der Waals surface area contributed by atoms with E-state index in [-0.39, 0.29) is 23.1 Å². The van der Waals surface area contributed by atoms with E-state index in [0.717, 1.165) is 16.0 Å². The minimum absolute atomic E-state index is 0.0988. The molecule has 0 fully saturated rings. The van der Waals surface area contributed by atoms with E-state index < -0.39 is 5.97 Å². The van der Waals surface area contributed by atoms with Crippen LogP contribution in [0.5, 0.6) is 5.75 Å². The van der Waals surface area contributed by atoms with Crippen molar-refractivity contribution in [3.05, 3.63) is 28.1 Å². The topological polar surface area (TPSA) is 66.8 Å². The van der Waals surface area contributed by atoms with E-state index >= 15 is 0 Å². The molecule has 0 unspecified atom stereocenters. The van der Waals surface area contributed by atoms with E-state index in [1.54, 1.807) is 18.2 Å². The molecule has 0 spiro atoms. The Bertz CT molecular complexity index is 564. The van der Waals surface area contributed by atoms with Gasteiger partial charge in [-0.3, -0.25) is 0 Å². The van der Waals surface area contributed by atoms with Gasteiger partial charge in [0, 0.05) is 4.70 Å². The molecule has 6 heteroatoms. The quantitative estimate of drug-likeness (QED) is 0.898. The van der Waals surface area contributed by atoms with Gasteiger partial charge in [0.25, 0.3) is 0 Å². The number of hydrogen-bond donors (Lipinski definition) is 2. The number of aliphatic hydroxyl groups is 1. The van der Waals surface area contributed by atoms with E-state index in [2.05, 4.69) is 0 Å². The van der Waals surface area contributed by atoms with E-state index in [4.69, 9.17) is 26.6 Å². The zero-order chi connectivity index (χ0) is 12.4. The molecule has 0 bridgehead atoms. The fourth-order valence-corrected chi connectivity index (χ4v) is 2.89. The summed E-state index contributed by atoms with van der Waals surface area (Å²) < 4.78 is 6.07. The largest absolute Gasteiger partial charge is 0.490 e. The number of fused-ring (bicyclic) bond motifs is 1. The van der Waals surface area contributed by atoms with E-state index in [1.807, 2.05) is 0 Å². The lowest BCUT2D eigenvalue weighted by atomic mass is 10.2. The maximum absolute atomic E-state index is 11.0. The van der Waals surface area contributed by atoms with Crippen molar-refractivity contribution >= 4 is 39.0 Å². The van der Waals surface area contributed by atoms with Crippen molar-refractivity contribution in [1.82, 2.24) is 0 Å². The normalized spacial score (nSPS) is 10.7. The van der Waals surface area contributed by atoms with E-state index in [0.29, 0.717) is 11.1 Å². The van der Waals surface area contributed by atoms with Crippen LogP contribution in [0.15, 0.2) is 18.2 Å². The minimum atomic E-state index is -1.05. The first-order valence-corrected chi connectivity index (χ1v) is 6.02. The third kappa shape index (κ3) is 2.22. The van der Waals surface area contributed by atoms with Crippen LogP contribution in [0.4, 0.5) is 0 Å². The molecule has 0 saturated heterocycles. The summed E-state index contributed by atoms with van der Waals surface area (Å²) in [5.74, 6) is -0.561. The van der Waals surface area contributed by atoms with Gasteiger partial charge in [-0.05, 0) is 12.1 Å². The first-order chi connectivity index (χ1) is 8.15. The maximum Gasteiger partial charge on any atom is 0.347 e. The number of thiophene rings is 1. The molecule has 1 aromatic carbocycles. The minimum Gasteiger partial charge on any atom is -0.490 e. The van der Waals surface area contributed by atoms with Gasteiger partial charge >= 0.3 is 5.97 Å². The Morgan fingerprint density at radius 2 is 2.24 bits per heavy atom. The number of aliphatic hydroxyl groups excluding tert-OH is 1. The van der Waals surface area contributed by atoms with Gasteiger partial charge in [0.2, 0.25) is 0 Å². The molecule has 2 rings (SSSR count). The summed E-state index contributed by atoms with van der Waals surface area (Å²) >= 11 is 7.13. The smallest absolute Gasteiger partial charge is 0.347 e. The van der Waals surface area contributed by atoms with Crippen LogP contribution in [0.25, 0.3) is 10.1 Å². The first-order valence-electron chi connectivity index (χ1n) is 4.83. The molecular weight excluding hydrogens is 264 g/mol. The number of benzene rings is 1. The molecule has 0 atom stereocenters. The Labute approximate surface area is 106 Å². The summed E-state index contributed by atoms with van der Waals surface area (Å²) in [5, 5.41) is 18.5. The molecule has 0 amide bonds. The Morgan fingerprint density at radius 3 is 2.88 bits per heavy atom. The second-order valence-electron chi connectivity index (χ2n) is 3.25. The van der Waals surface area contributed by atoms with Crippen LogP contribution in [0, 0.1) is 0 Å². The van der Waals surface area contributed by atoms with Crippen LogP contribution in [0.1, 0.15) is 9.67 Å². The van der Waals surface area contributed by atoms with Crippen molar-refractivity contribution in [2.45, 2.75) is 0 Å². The zero-order valence-corrected chi connectivity index (χ0v) is 10.2. The summed E-state index contributed by atoms with van der Waals surface area (Å²) in [6.45, 7) is 0.0393. The summed E-state index contributed by atoms with van der Waals surface area (Å²) in [6, 6.07) is 5.24. The van der Waals surface area contributed by atoms with Crippen molar-refractivity contribution < 1.29 is 19.7 Å². The number of rotatable bonds is 4. The highest BCUT2D eigenvalue weighted by molar-refractivity contribution is 7.21. The first kappa shape index (κ1) is 12.2. The van der Waals surface area contributed by atoms with Crippen molar-refractivity contribution in [2.75, 3.05) is 13.2 Å². The number of hydrogen-bond acceptors (Lipinski definition) is 4. The lowest BCUT2D eigenvalue weighted by Gasteiger charge is -2.05. The predicted molar refractivity (Wildman–Crippen MR) is 66.4 cm³/mol. The molecule has 0 aliphatic heterocycles. The predicted octanol–water partition coefficient (Wildman–Crippen LogP) is 2.62. The van der Waals surface area contributed by atoms with Gasteiger partial charge in [0.15, 0.2) is 0 Å². The Hall–Kier alpha value is -1.30. The number of carboxylic acids is 1. The van der Waals surface area contributed by atoms with E-state index in [1.165, 1.54) is 0 Å². The number of halogens is 1. The van der Waals surface area contributed by atoms with Crippen LogP contribution >= 0.6 is 22.9 Å². The van der Waals surface area contributed by atoms with Gasteiger partial charge in [-0.1, -0.05) is 17.7 Å². The fraction of sp³-hybridized carbons (Fsp3) is 0.182. The molecule has 17 heavy (non-hydrogen) atoms. The Balaban J connectivity index is 2.58. The van der Waals surface area contributed by atoms with Crippen LogP contribution in [0.2, 0.25) is 5.02 Å². The molecule has 4 nitrogen and oxygen atoms in total. The Morgan fingerprint density at radius 1 is 1.47 bits per heavy atom. The zero-order valence-electron chi connectivity index (χ0n) is 8.64. The van der Waals surface area contributed by atoms with Crippen LogP contribution in [0.3, 0.4) is 0 Å². The summed E-state index contributed by atoms with van der Waals surface area (Å²) in [6.07, 6.45) is 0. The van der Waals surface area contributed by atoms with Crippen LogP contribution in [-0.2, 0) is 0 Å². The maximum atomic E-state index is 11.0. The van der Waals surface area contributed by atoms with Crippen molar-refractivity contribution in [2.24, 2.45) is 0 Å². The van der Waals surface area contributed by atoms with Gasteiger partial charge < -0.3 is 14.9 Å². The van der Waals surface area contributed by atoms with Crippen molar-refractivity contribution in [3.63, 3.8) is 0 Å². The summed E-state index contributed by atoms with van der Waals surface area (Å²) in [7, 11) is 0. The molecule has 90 valence electrons. The number of ether oxygens (including phenoxy) is 1. The monoisotopic (exact) mass is 272 g/mol. The highest BCUT2D eigenvalue weighted by atomic mass is 35.5. The van der Waals surface area contributed by atoms with Crippen molar-refractivity contribution in [3.8, 4) is 5.75 Å². The molecule has 0 aliphatic rings. The molecular formula is C11H9ClO4S. The fourth-order valence-electron chi connectivity index (χ4n) is 1.49. The molecule has 2 aromatic rings. The SMILES string of the molecule is O=C(O)c1sc2cccc(OCCO)c2c1Cl. The third-order valence-electron chi connectivity index (χ3n) is 2.16. The standard InChI is InChI=1S/C11H9ClO4S/c12-9-8-6(16-5-4-13)2-1-3-7(8)17-10(9)11(14)15/h1-3,13H,4-5H2,(H,14,15). The van der Waals surface area contributed by atoms with Gasteiger partial charge in [-0.15, -0.1) is 11.3 Å². The summed E-state index contributed by atoms with van der Waals surface area (Å²) in [4.78, 5) is 11.1. The van der Waals surface area contributed by atoms with Gasteiger partial charge in [-0.2, -0.15) is 0 Å². The molecule has 2 N–H and O–H groups in total. The number of aromatic carboxylic acids is 1. The van der Waals surface area contributed by atoms with Gasteiger partial charge in [0.05, 0.1) is 17.0 Å².